The Morgan fingerprint density at radius 2 is 2.11 bits per heavy atom. The number of rotatable bonds is 8. The zero-order chi connectivity index (χ0) is 18.5. The highest BCUT2D eigenvalue weighted by atomic mass is 16.5. The van der Waals surface area contributed by atoms with Gasteiger partial charge >= 0.3 is 0 Å². The summed E-state index contributed by atoms with van der Waals surface area (Å²) in [6, 6.07) is 12.1. The van der Waals surface area contributed by atoms with Gasteiger partial charge in [0.2, 0.25) is 0 Å². The monoisotopic (exact) mass is 364 g/mol. The van der Waals surface area contributed by atoms with Crippen molar-refractivity contribution < 1.29 is 14.1 Å². The Bertz CT molecular complexity index is 913. The van der Waals surface area contributed by atoms with Gasteiger partial charge in [-0.2, -0.15) is 0 Å². The van der Waals surface area contributed by atoms with Crippen molar-refractivity contribution in [1.82, 2.24) is 10.1 Å². The largest absolute Gasteiger partial charge is 0.381 e. The molecule has 0 radical (unpaired) electrons. The number of nitrogens with zero attached hydrogens (tertiary/aromatic N) is 2. The van der Waals surface area contributed by atoms with E-state index >= 15 is 0 Å². The number of hydrogen-bond donors (Lipinski definition) is 0. The molecule has 0 bridgehead atoms. The molecule has 5 nitrogen and oxygen atoms in total. The summed E-state index contributed by atoms with van der Waals surface area (Å²) in [6.45, 7) is 1.60. The number of carbonyl (C=O) groups is 1. The lowest BCUT2D eigenvalue weighted by atomic mass is 10.00. The quantitative estimate of drug-likeness (QED) is 0.554. The van der Waals surface area contributed by atoms with Gasteiger partial charge in [0.15, 0.2) is 5.78 Å². The third-order valence-corrected chi connectivity index (χ3v) is 5.18. The predicted octanol–water partition coefficient (Wildman–Crippen LogP) is 4.40. The highest BCUT2D eigenvalue weighted by Crippen LogP contribution is 2.20. The second-order valence-electron chi connectivity index (χ2n) is 7.26. The molecule has 27 heavy (non-hydrogen) atoms. The lowest BCUT2D eigenvalue weighted by Crippen LogP contribution is -2.05. The first-order chi connectivity index (χ1) is 13.3. The van der Waals surface area contributed by atoms with Crippen LogP contribution in [0.5, 0.6) is 0 Å². The fourth-order valence-electron chi connectivity index (χ4n) is 3.56. The Labute approximate surface area is 158 Å². The molecule has 1 atom stereocenters. The van der Waals surface area contributed by atoms with E-state index in [-0.39, 0.29) is 5.78 Å². The second kappa shape index (κ2) is 8.44. The second-order valence-corrected chi connectivity index (χ2v) is 7.26. The summed E-state index contributed by atoms with van der Waals surface area (Å²) in [5.74, 6) is 1.35. The van der Waals surface area contributed by atoms with Crippen LogP contribution in [-0.4, -0.2) is 29.1 Å². The van der Waals surface area contributed by atoms with Crippen LogP contribution in [0.2, 0.25) is 0 Å². The van der Waals surface area contributed by atoms with Crippen molar-refractivity contribution in [2.45, 2.75) is 38.5 Å². The molecule has 4 rings (SSSR count). The van der Waals surface area contributed by atoms with E-state index in [1.165, 1.54) is 5.56 Å². The van der Waals surface area contributed by atoms with Crippen LogP contribution in [-0.2, 0) is 17.6 Å². The lowest BCUT2D eigenvalue weighted by Gasteiger charge is -2.04. The standard InChI is InChI=1S/C22H24N2O3/c25-22(9-8-16-10-11-26-15-16)21-13-19(27-24-21)6-3-4-17-12-18-5-1-2-7-20(18)23-14-17/h1-2,5,7,12-14,16H,3-4,6,8-11,15H2. The smallest absolute Gasteiger partial charge is 0.184 e. The SMILES string of the molecule is O=C(CCC1CCOC1)c1cc(CCCc2cnc3ccccc3c2)on1. The number of fused-ring (bicyclic) bond motifs is 1. The fourth-order valence-corrected chi connectivity index (χ4v) is 3.56. The third-order valence-electron chi connectivity index (χ3n) is 5.18. The molecule has 1 aliphatic heterocycles. The van der Waals surface area contributed by atoms with Gasteiger partial charge in [-0.3, -0.25) is 9.78 Å². The van der Waals surface area contributed by atoms with Gasteiger partial charge in [0.1, 0.15) is 11.5 Å². The molecule has 1 fully saturated rings. The third kappa shape index (κ3) is 4.61. The molecule has 1 aromatic carbocycles. The molecule has 3 heterocycles. The molecule has 2 aromatic heterocycles. The Morgan fingerprint density at radius 1 is 1.19 bits per heavy atom. The average molecular weight is 364 g/mol. The molecule has 0 aliphatic carbocycles. The van der Waals surface area contributed by atoms with Gasteiger partial charge in [0, 0.05) is 43.7 Å². The predicted molar refractivity (Wildman–Crippen MR) is 103 cm³/mol. The maximum absolute atomic E-state index is 12.3. The lowest BCUT2D eigenvalue weighted by molar-refractivity contribution is 0.0962. The molecule has 1 saturated heterocycles. The topological polar surface area (TPSA) is 65.2 Å². The van der Waals surface area contributed by atoms with E-state index in [0.717, 1.165) is 62.0 Å². The molecule has 0 spiro atoms. The van der Waals surface area contributed by atoms with Gasteiger partial charge in [-0.15, -0.1) is 0 Å². The Kier molecular flexibility index (Phi) is 5.58. The number of ether oxygens (including phenoxy) is 1. The molecule has 140 valence electrons. The van der Waals surface area contributed by atoms with E-state index in [2.05, 4.69) is 22.3 Å². The number of aryl methyl sites for hydroxylation is 2. The molecule has 1 aliphatic rings. The maximum atomic E-state index is 12.3. The fraction of sp³-hybridized carbons (Fsp3) is 0.409. The van der Waals surface area contributed by atoms with Gasteiger partial charge in [-0.25, -0.2) is 0 Å². The molecule has 5 heteroatoms. The maximum Gasteiger partial charge on any atom is 0.184 e. The zero-order valence-corrected chi connectivity index (χ0v) is 15.4. The summed E-state index contributed by atoms with van der Waals surface area (Å²) in [6.07, 6.45) is 7.00. The van der Waals surface area contributed by atoms with Crippen molar-refractivity contribution in [3.05, 3.63) is 59.6 Å². The number of benzene rings is 1. The number of ketones is 1. The van der Waals surface area contributed by atoms with Crippen molar-refractivity contribution in [3.8, 4) is 0 Å². The van der Waals surface area contributed by atoms with Crippen LogP contribution >= 0.6 is 0 Å². The summed E-state index contributed by atoms with van der Waals surface area (Å²) < 4.78 is 10.7. The highest BCUT2D eigenvalue weighted by Gasteiger charge is 2.19. The number of para-hydroxylation sites is 1. The zero-order valence-electron chi connectivity index (χ0n) is 15.4. The minimum absolute atomic E-state index is 0.0654. The van der Waals surface area contributed by atoms with Crippen molar-refractivity contribution in [2.75, 3.05) is 13.2 Å². The molecule has 0 saturated carbocycles. The van der Waals surface area contributed by atoms with Gasteiger partial charge in [0.05, 0.1) is 5.52 Å². The molecular formula is C22H24N2O3. The van der Waals surface area contributed by atoms with Crippen molar-refractivity contribution in [2.24, 2.45) is 5.92 Å². The number of carbonyl (C=O) groups excluding carboxylic acids is 1. The molecule has 1 unspecified atom stereocenters. The normalized spacial score (nSPS) is 16.8. The van der Waals surface area contributed by atoms with Gasteiger partial charge in [0.25, 0.3) is 0 Å². The van der Waals surface area contributed by atoms with Crippen molar-refractivity contribution in [3.63, 3.8) is 0 Å². The molecule has 0 amide bonds. The van der Waals surface area contributed by atoms with Crippen molar-refractivity contribution >= 4 is 16.7 Å². The van der Waals surface area contributed by atoms with Crippen LogP contribution in [0, 0.1) is 5.92 Å². The van der Waals surface area contributed by atoms with Gasteiger partial charge in [-0.1, -0.05) is 23.4 Å². The highest BCUT2D eigenvalue weighted by molar-refractivity contribution is 5.94. The molecular weight excluding hydrogens is 340 g/mol. The van der Waals surface area contributed by atoms with Crippen molar-refractivity contribution in [1.29, 1.82) is 0 Å². The Morgan fingerprint density at radius 3 is 3.00 bits per heavy atom. The summed E-state index contributed by atoms with van der Waals surface area (Å²) in [4.78, 5) is 16.8. The summed E-state index contributed by atoms with van der Waals surface area (Å²) >= 11 is 0. The van der Waals surface area contributed by atoms with Crippen LogP contribution in [0.15, 0.2) is 47.1 Å². The minimum Gasteiger partial charge on any atom is -0.381 e. The van der Waals surface area contributed by atoms with Crippen LogP contribution in [0.4, 0.5) is 0 Å². The minimum atomic E-state index is 0.0654. The average Bonchev–Trinajstić information content (AvgIpc) is 3.38. The van der Waals surface area contributed by atoms with E-state index in [0.29, 0.717) is 18.0 Å². The van der Waals surface area contributed by atoms with E-state index in [1.807, 2.05) is 24.4 Å². The first kappa shape index (κ1) is 17.9. The van der Waals surface area contributed by atoms with Crippen LogP contribution in [0.1, 0.15) is 47.5 Å². The van der Waals surface area contributed by atoms with Gasteiger partial charge < -0.3 is 9.26 Å². The Balaban J connectivity index is 1.26. The number of aromatic nitrogens is 2. The Hall–Kier alpha value is -2.53. The van der Waals surface area contributed by atoms with Crippen LogP contribution < -0.4 is 0 Å². The van der Waals surface area contributed by atoms with E-state index < -0.39 is 0 Å². The number of Topliss-reactive ketones (excluding diaryl/α,β-unsaturated/α-hetero) is 1. The van der Waals surface area contributed by atoms with Crippen LogP contribution in [0.25, 0.3) is 10.9 Å². The number of hydrogen-bond acceptors (Lipinski definition) is 5. The van der Waals surface area contributed by atoms with Gasteiger partial charge in [-0.05, 0) is 49.3 Å². The summed E-state index contributed by atoms with van der Waals surface area (Å²) in [5, 5.41) is 5.12. The van der Waals surface area contributed by atoms with E-state index in [9.17, 15) is 4.79 Å². The first-order valence-corrected chi connectivity index (χ1v) is 9.68. The first-order valence-electron chi connectivity index (χ1n) is 9.68. The number of pyridine rings is 1. The molecule has 3 aromatic rings. The van der Waals surface area contributed by atoms with E-state index in [4.69, 9.17) is 9.26 Å². The molecule has 0 N–H and O–H groups in total. The summed E-state index contributed by atoms with van der Waals surface area (Å²) in [5.41, 5.74) is 2.68. The summed E-state index contributed by atoms with van der Waals surface area (Å²) in [7, 11) is 0. The van der Waals surface area contributed by atoms with Crippen LogP contribution in [0.3, 0.4) is 0 Å². The van der Waals surface area contributed by atoms with E-state index in [1.54, 1.807) is 6.07 Å².